The second-order valence-corrected chi connectivity index (χ2v) is 3.80. The molecule has 0 heterocycles. The molecule has 5 heteroatoms. The van der Waals surface area contributed by atoms with E-state index in [2.05, 4.69) is 5.32 Å². The second kappa shape index (κ2) is 6.53. The fourth-order valence-electron chi connectivity index (χ4n) is 1.07. The van der Waals surface area contributed by atoms with E-state index >= 15 is 0 Å². The van der Waals surface area contributed by atoms with Crippen LogP contribution in [0.25, 0.3) is 6.08 Å². The standard InChI is InChI=1S/C11H11Cl2NO2/c12-9-2-1-3-10(13)8(9)4-5-11(16)14-6-7-15/h1-5,15H,6-7H2,(H,14,16)/b5-4+. The predicted octanol–water partition coefficient (Wildman–Crippen LogP) is 2.12. The van der Waals surface area contributed by atoms with E-state index in [4.69, 9.17) is 28.3 Å². The zero-order chi connectivity index (χ0) is 12.0. The highest BCUT2D eigenvalue weighted by atomic mass is 35.5. The van der Waals surface area contributed by atoms with Gasteiger partial charge in [-0.3, -0.25) is 4.79 Å². The molecule has 3 nitrogen and oxygen atoms in total. The third-order valence-electron chi connectivity index (χ3n) is 1.81. The monoisotopic (exact) mass is 259 g/mol. The van der Waals surface area contributed by atoms with E-state index in [9.17, 15) is 4.79 Å². The van der Waals surface area contributed by atoms with Crippen LogP contribution in [0.4, 0.5) is 0 Å². The van der Waals surface area contributed by atoms with E-state index in [1.54, 1.807) is 18.2 Å². The lowest BCUT2D eigenvalue weighted by Crippen LogP contribution is -2.24. The van der Waals surface area contributed by atoms with Crippen LogP contribution in [0.2, 0.25) is 10.0 Å². The molecule has 2 N–H and O–H groups in total. The lowest BCUT2D eigenvalue weighted by Gasteiger charge is -2.01. The molecule has 0 aromatic heterocycles. The first kappa shape index (κ1) is 13.0. The molecule has 0 saturated carbocycles. The number of halogens is 2. The Hall–Kier alpha value is -1.03. The molecular formula is C11H11Cl2NO2. The molecule has 1 rings (SSSR count). The Kier molecular flexibility index (Phi) is 5.32. The van der Waals surface area contributed by atoms with E-state index in [1.807, 2.05) is 0 Å². The lowest BCUT2D eigenvalue weighted by molar-refractivity contribution is -0.116. The molecule has 1 aromatic carbocycles. The van der Waals surface area contributed by atoms with Gasteiger partial charge in [-0.1, -0.05) is 29.3 Å². The third-order valence-corrected chi connectivity index (χ3v) is 2.47. The largest absolute Gasteiger partial charge is 0.395 e. The second-order valence-electron chi connectivity index (χ2n) is 2.98. The highest BCUT2D eigenvalue weighted by Gasteiger charge is 2.02. The van der Waals surface area contributed by atoms with Gasteiger partial charge in [-0.05, 0) is 18.2 Å². The molecule has 0 fully saturated rings. The van der Waals surface area contributed by atoms with E-state index < -0.39 is 0 Å². The maximum Gasteiger partial charge on any atom is 0.244 e. The average molecular weight is 260 g/mol. The summed E-state index contributed by atoms with van der Waals surface area (Å²) in [6.45, 7) is 0.131. The first-order valence-corrected chi connectivity index (χ1v) is 5.41. The maximum atomic E-state index is 11.2. The minimum absolute atomic E-state index is 0.0908. The molecule has 16 heavy (non-hydrogen) atoms. The van der Waals surface area contributed by atoms with Crippen LogP contribution in [0.5, 0.6) is 0 Å². The van der Waals surface area contributed by atoms with Crippen molar-refractivity contribution in [3.05, 3.63) is 39.9 Å². The zero-order valence-corrected chi connectivity index (χ0v) is 9.92. The first-order valence-electron chi connectivity index (χ1n) is 4.66. The van der Waals surface area contributed by atoms with E-state index in [-0.39, 0.29) is 19.1 Å². The maximum absolute atomic E-state index is 11.2. The van der Waals surface area contributed by atoms with Gasteiger partial charge in [0.15, 0.2) is 0 Å². The summed E-state index contributed by atoms with van der Waals surface area (Å²) in [5.41, 5.74) is 0.602. The van der Waals surface area contributed by atoms with Crippen LogP contribution in [-0.4, -0.2) is 24.2 Å². The van der Waals surface area contributed by atoms with Gasteiger partial charge in [-0.15, -0.1) is 0 Å². The van der Waals surface area contributed by atoms with Crippen molar-refractivity contribution < 1.29 is 9.90 Å². The number of rotatable bonds is 4. The molecule has 0 bridgehead atoms. The highest BCUT2D eigenvalue weighted by Crippen LogP contribution is 2.25. The number of nitrogens with one attached hydrogen (secondary N) is 1. The SMILES string of the molecule is O=C(/C=C/c1c(Cl)cccc1Cl)NCCO. The molecule has 86 valence electrons. The number of benzene rings is 1. The number of hydrogen-bond donors (Lipinski definition) is 2. The summed E-state index contributed by atoms with van der Waals surface area (Å²) in [4.78, 5) is 11.2. The van der Waals surface area contributed by atoms with E-state index in [0.29, 0.717) is 15.6 Å². The number of hydrogen-bond acceptors (Lipinski definition) is 2. The Morgan fingerprint density at radius 1 is 1.38 bits per heavy atom. The van der Waals surface area contributed by atoms with Gasteiger partial charge < -0.3 is 10.4 Å². The number of carbonyl (C=O) groups excluding carboxylic acids is 1. The van der Waals surface area contributed by atoms with Crippen LogP contribution in [0.1, 0.15) is 5.56 Å². The van der Waals surface area contributed by atoms with Gasteiger partial charge in [0.25, 0.3) is 0 Å². The Labute approximate surface area is 104 Å². The molecule has 1 amide bonds. The summed E-state index contributed by atoms with van der Waals surface area (Å²) < 4.78 is 0. The molecule has 1 aromatic rings. The summed E-state index contributed by atoms with van der Waals surface area (Å²) in [6, 6.07) is 5.12. The molecule has 0 atom stereocenters. The molecule has 0 radical (unpaired) electrons. The summed E-state index contributed by atoms with van der Waals surface area (Å²) in [7, 11) is 0. The average Bonchev–Trinajstić information content (AvgIpc) is 2.25. The van der Waals surface area contributed by atoms with Crippen LogP contribution < -0.4 is 5.32 Å². The van der Waals surface area contributed by atoms with Gasteiger partial charge in [0.05, 0.1) is 6.61 Å². The molecule has 0 aliphatic carbocycles. The van der Waals surface area contributed by atoms with Gasteiger partial charge in [0.1, 0.15) is 0 Å². The minimum atomic E-state index is -0.301. The van der Waals surface area contributed by atoms with Crippen LogP contribution in [-0.2, 0) is 4.79 Å². The third kappa shape index (κ3) is 3.85. The van der Waals surface area contributed by atoms with Crippen LogP contribution >= 0.6 is 23.2 Å². The van der Waals surface area contributed by atoms with Crippen molar-refractivity contribution in [1.29, 1.82) is 0 Å². The van der Waals surface area contributed by atoms with Gasteiger partial charge in [0, 0.05) is 28.2 Å². The first-order chi connectivity index (χ1) is 7.65. The Morgan fingerprint density at radius 2 is 2.00 bits per heavy atom. The van der Waals surface area contributed by atoms with Crippen molar-refractivity contribution in [2.45, 2.75) is 0 Å². The van der Waals surface area contributed by atoms with Crippen molar-refractivity contribution in [3.63, 3.8) is 0 Å². The predicted molar refractivity (Wildman–Crippen MR) is 65.6 cm³/mol. The van der Waals surface area contributed by atoms with Gasteiger partial charge in [0.2, 0.25) is 5.91 Å². The van der Waals surface area contributed by atoms with Crippen LogP contribution in [0.15, 0.2) is 24.3 Å². The van der Waals surface area contributed by atoms with E-state index in [0.717, 1.165) is 0 Å². The number of amides is 1. The highest BCUT2D eigenvalue weighted by molar-refractivity contribution is 6.37. The van der Waals surface area contributed by atoms with Crippen molar-refractivity contribution in [1.82, 2.24) is 5.32 Å². The van der Waals surface area contributed by atoms with Crippen molar-refractivity contribution in [2.24, 2.45) is 0 Å². The molecular weight excluding hydrogens is 249 g/mol. The smallest absolute Gasteiger partial charge is 0.244 e. The zero-order valence-electron chi connectivity index (χ0n) is 8.41. The van der Waals surface area contributed by atoms with E-state index in [1.165, 1.54) is 12.2 Å². The van der Waals surface area contributed by atoms with Gasteiger partial charge in [-0.25, -0.2) is 0 Å². The molecule has 0 saturated heterocycles. The quantitative estimate of drug-likeness (QED) is 0.814. The molecule has 0 spiro atoms. The summed E-state index contributed by atoms with van der Waals surface area (Å²) >= 11 is 11.8. The Balaban J connectivity index is 2.72. The molecule has 0 unspecified atom stereocenters. The summed E-state index contributed by atoms with van der Waals surface area (Å²) in [6.07, 6.45) is 2.86. The Bertz CT molecular complexity index is 385. The van der Waals surface area contributed by atoms with Crippen LogP contribution in [0.3, 0.4) is 0 Å². The molecule has 0 aliphatic rings. The fraction of sp³-hybridized carbons (Fsp3) is 0.182. The van der Waals surface area contributed by atoms with Crippen molar-refractivity contribution in [2.75, 3.05) is 13.2 Å². The number of aliphatic hydroxyl groups excluding tert-OH is 1. The van der Waals surface area contributed by atoms with Crippen molar-refractivity contribution >= 4 is 35.2 Å². The van der Waals surface area contributed by atoms with Gasteiger partial charge in [-0.2, -0.15) is 0 Å². The van der Waals surface area contributed by atoms with Crippen LogP contribution in [0, 0.1) is 0 Å². The van der Waals surface area contributed by atoms with Gasteiger partial charge >= 0.3 is 0 Å². The number of carbonyl (C=O) groups is 1. The number of aliphatic hydroxyl groups is 1. The topological polar surface area (TPSA) is 49.3 Å². The summed E-state index contributed by atoms with van der Waals surface area (Å²) in [5.74, 6) is -0.301. The molecule has 0 aliphatic heterocycles. The summed E-state index contributed by atoms with van der Waals surface area (Å²) in [5, 5.41) is 12.0. The fourth-order valence-corrected chi connectivity index (χ4v) is 1.59. The Morgan fingerprint density at radius 3 is 2.56 bits per heavy atom. The minimum Gasteiger partial charge on any atom is -0.395 e. The normalized spacial score (nSPS) is 10.7. The van der Waals surface area contributed by atoms with Crippen molar-refractivity contribution in [3.8, 4) is 0 Å². The lowest BCUT2D eigenvalue weighted by atomic mass is 10.2.